The molecule has 2 heterocycles. The molecule has 2 amide bonds. The monoisotopic (exact) mass is 389 g/mol. The number of nitrogens with zero attached hydrogens (tertiary/aromatic N) is 3. The number of benzene rings is 1. The summed E-state index contributed by atoms with van der Waals surface area (Å²) in [6.45, 7) is 3.42. The maximum absolute atomic E-state index is 12.4. The van der Waals surface area contributed by atoms with E-state index in [0.29, 0.717) is 16.3 Å². The highest BCUT2D eigenvalue weighted by Crippen LogP contribution is 2.27. The van der Waals surface area contributed by atoms with Crippen LogP contribution in [-0.4, -0.2) is 26.6 Å². The van der Waals surface area contributed by atoms with Crippen LogP contribution in [-0.2, 0) is 7.05 Å². The highest BCUT2D eigenvalue weighted by molar-refractivity contribution is 7.17. The number of carbonyl (C=O) groups excluding carboxylic acids is 2. The molecule has 3 aromatic rings. The van der Waals surface area contributed by atoms with Crippen molar-refractivity contribution in [2.45, 2.75) is 13.8 Å². The Kier molecular flexibility index (Phi) is 5.06. The molecule has 2 aromatic heterocycles. The SMILES string of the molecule is Cc1nc(-c2ccccc2)sc1C(=O)NNC(=O)c1c(C)nn(C)c1Cl. The van der Waals surface area contributed by atoms with Crippen molar-refractivity contribution in [3.8, 4) is 10.6 Å². The average molecular weight is 390 g/mol. The van der Waals surface area contributed by atoms with E-state index in [0.717, 1.165) is 10.6 Å². The molecule has 1 aromatic carbocycles. The van der Waals surface area contributed by atoms with Crippen molar-refractivity contribution in [3.05, 3.63) is 57.3 Å². The van der Waals surface area contributed by atoms with Crippen LogP contribution in [0.3, 0.4) is 0 Å². The maximum atomic E-state index is 12.4. The van der Waals surface area contributed by atoms with Crippen LogP contribution in [0.1, 0.15) is 31.4 Å². The number of nitrogens with one attached hydrogen (secondary N) is 2. The Bertz CT molecular complexity index is 981. The van der Waals surface area contributed by atoms with Crippen molar-refractivity contribution < 1.29 is 9.59 Å². The van der Waals surface area contributed by atoms with Gasteiger partial charge in [-0.3, -0.25) is 25.1 Å². The van der Waals surface area contributed by atoms with Gasteiger partial charge in [0.25, 0.3) is 11.8 Å². The molecule has 0 fully saturated rings. The highest BCUT2D eigenvalue weighted by Gasteiger charge is 2.21. The van der Waals surface area contributed by atoms with Gasteiger partial charge in [-0.1, -0.05) is 41.9 Å². The smallest absolute Gasteiger partial charge is 0.267 e. The van der Waals surface area contributed by atoms with Crippen molar-refractivity contribution in [1.82, 2.24) is 25.6 Å². The van der Waals surface area contributed by atoms with Crippen LogP contribution in [0.4, 0.5) is 0 Å². The molecular weight excluding hydrogens is 374 g/mol. The topological polar surface area (TPSA) is 88.9 Å². The summed E-state index contributed by atoms with van der Waals surface area (Å²) in [7, 11) is 1.64. The second kappa shape index (κ2) is 7.27. The van der Waals surface area contributed by atoms with Gasteiger partial charge in [-0.15, -0.1) is 11.3 Å². The summed E-state index contributed by atoms with van der Waals surface area (Å²) in [4.78, 5) is 29.5. The van der Waals surface area contributed by atoms with E-state index in [2.05, 4.69) is 20.9 Å². The van der Waals surface area contributed by atoms with Crippen molar-refractivity contribution in [2.24, 2.45) is 7.05 Å². The molecule has 0 aliphatic carbocycles. The molecule has 2 N–H and O–H groups in total. The van der Waals surface area contributed by atoms with E-state index in [-0.39, 0.29) is 10.7 Å². The second-order valence-corrected chi connectivity index (χ2v) is 6.94. The quantitative estimate of drug-likeness (QED) is 0.674. The lowest BCUT2D eigenvalue weighted by Gasteiger charge is -2.06. The number of thiazole rings is 1. The third-order valence-electron chi connectivity index (χ3n) is 3.69. The highest BCUT2D eigenvalue weighted by atomic mass is 35.5. The van der Waals surface area contributed by atoms with Crippen molar-refractivity contribution in [3.63, 3.8) is 0 Å². The van der Waals surface area contributed by atoms with E-state index >= 15 is 0 Å². The zero-order valence-corrected chi connectivity index (χ0v) is 15.9. The minimum absolute atomic E-state index is 0.203. The van der Waals surface area contributed by atoms with Crippen LogP contribution in [0, 0.1) is 13.8 Å². The van der Waals surface area contributed by atoms with Gasteiger partial charge < -0.3 is 0 Å². The van der Waals surface area contributed by atoms with Crippen LogP contribution < -0.4 is 10.9 Å². The predicted molar refractivity (Wildman–Crippen MR) is 100 cm³/mol. The molecule has 0 aliphatic heterocycles. The maximum Gasteiger partial charge on any atom is 0.281 e. The first kappa shape index (κ1) is 18.1. The lowest BCUT2D eigenvalue weighted by atomic mass is 10.2. The van der Waals surface area contributed by atoms with Crippen LogP contribution in [0.2, 0.25) is 5.15 Å². The Balaban J connectivity index is 1.73. The molecule has 26 heavy (non-hydrogen) atoms. The lowest BCUT2D eigenvalue weighted by Crippen LogP contribution is -2.41. The third kappa shape index (κ3) is 3.47. The van der Waals surface area contributed by atoms with Crippen LogP contribution in [0.25, 0.3) is 10.6 Å². The summed E-state index contributed by atoms with van der Waals surface area (Å²) in [5.74, 6) is -0.965. The van der Waals surface area contributed by atoms with Crippen LogP contribution >= 0.6 is 22.9 Å². The molecule has 0 saturated heterocycles. The first-order valence-corrected chi connectivity index (χ1v) is 8.90. The molecule has 0 aliphatic rings. The Hall–Kier alpha value is -2.71. The van der Waals surface area contributed by atoms with Crippen molar-refractivity contribution >= 4 is 34.8 Å². The third-order valence-corrected chi connectivity index (χ3v) is 5.33. The van der Waals surface area contributed by atoms with E-state index in [1.807, 2.05) is 30.3 Å². The summed E-state index contributed by atoms with van der Waals surface area (Å²) in [5.41, 5.74) is 7.00. The fraction of sp³-hybridized carbons (Fsp3) is 0.176. The minimum Gasteiger partial charge on any atom is -0.267 e. The van der Waals surface area contributed by atoms with Crippen molar-refractivity contribution in [2.75, 3.05) is 0 Å². The fourth-order valence-electron chi connectivity index (χ4n) is 2.43. The Morgan fingerprint density at radius 1 is 1.08 bits per heavy atom. The Morgan fingerprint density at radius 3 is 2.35 bits per heavy atom. The predicted octanol–water partition coefficient (Wildman–Crippen LogP) is 2.89. The van der Waals surface area contributed by atoms with E-state index in [4.69, 9.17) is 11.6 Å². The van der Waals surface area contributed by atoms with Gasteiger partial charge in [0.15, 0.2) is 0 Å². The summed E-state index contributed by atoms with van der Waals surface area (Å²) >= 11 is 7.32. The molecule has 0 saturated carbocycles. The molecule has 0 radical (unpaired) electrons. The molecule has 7 nitrogen and oxygen atoms in total. The zero-order chi connectivity index (χ0) is 18.8. The van der Waals surface area contributed by atoms with Gasteiger partial charge >= 0.3 is 0 Å². The summed E-state index contributed by atoms with van der Waals surface area (Å²) in [6, 6.07) is 9.58. The normalized spacial score (nSPS) is 10.6. The number of hydrogen-bond donors (Lipinski definition) is 2. The van der Waals surface area contributed by atoms with Crippen LogP contribution in [0.5, 0.6) is 0 Å². The molecule has 0 unspecified atom stereocenters. The van der Waals surface area contributed by atoms with Crippen molar-refractivity contribution in [1.29, 1.82) is 0 Å². The largest absolute Gasteiger partial charge is 0.281 e. The van der Waals surface area contributed by atoms with Gasteiger partial charge in [0.1, 0.15) is 20.6 Å². The molecular formula is C17H16ClN5O2S. The van der Waals surface area contributed by atoms with E-state index < -0.39 is 11.8 Å². The zero-order valence-electron chi connectivity index (χ0n) is 14.3. The van der Waals surface area contributed by atoms with E-state index in [1.165, 1.54) is 16.0 Å². The fourth-order valence-corrected chi connectivity index (χ4v) is 3.66. The van der Waals surface area contributed by atoms with Crippen LogP contribution in [0.15, 0.2) is 30.3 Å². The Morgan fingerprint density at radius 2 is 1.73 bits per heavy atom. The molecule has 0 atom stereocenters. The second-order valence-electron chi connectivity index (χ2n) is 5.58. The van der Waals surface area contributed by atoms with E-state index in [1.54, 1.807) is 20.9 Å². The number of aromatic nitrogens is 3. The summed E-state index contributed by atoms with van der Waals surface area (Å²) < 4.78 is 1.40. The first-order chi connectivity index (χ1) is 12.4. The standard InChI is InChI=1S/C17H16ClN5O2S/c1-9-12(14(18)23(3)22-9)15(24)20-21-16(25)13-10(2)19-17(26-13)11-7-5-4-6-8-11/h4-8H,1-3H3,(H,20,24)(H,21,25). The van der Waals surface area contributed by atoms with Gasteiger partial charge in [-0.2, -0.15) is 5.10 Å². The number of hydrogen-bond acceptors (Lipinski definition) is 5. The molecule has 134 valence electrons. The number of hydrazine groups is 1. The number of amides is 2. The first-order valence-electron chi connectivity index (χ1n) is 7.71. The number of carbonyl (C=O) groups is 2. The molecule has 9 heteroatoms. The van der Waals surface area contributed by atoms with E-state index in [9.17, 15) is 9.59 Å². The summed E-state index contributed by atoms with van der Waals surface area (Å²) in [5, 5.41) is 5.02. The molecule has 0 spiro atoms. The Labute approximate surface area is 159 Å². The molecule has 0 bridgehead atoms. The number of aryl methyl sites for hydroxylation is 3. The van der Waals surface area contributed by atoms with Gasteiger partial charge in [0.2, 0.25) is 0 Å². The minimum atomic E-state index is -0.528. The molecule has 3 rings (SSSR count). The van der Waals surface area contributed by atoms with Gasteiger partial charge in [-0.05, 0) is 13.8 Å². The number of halogens is 1. The van der Waals surface area contributed by atoms with Gasteiger partial charge in [0, 0.05) is 12.6 Å². The number of rotatable bonds is 3. The summed E-state index contributed by atoms with van der Waals surface area (Å²) in [6.07, 6.45) is 0. The van der Waals surface area contributed by atoms with Gasteiger partial charge in [0.05, 0.1) is 11.4 Å². The average Bonchev–Trinajstić information content (AvgIpc) is 3.13. The van der Waals surface area contributed by atoms with Gasteiger partial charge in [-0.25, -0.2) is 4.98 Å². The lowest BCUT2D eigenvalue weighted by molar-refractivity contribution is 0.0848.